The quantitative estimate of drug-likeness (QED) is 0.705. The van der Waals surface area contributed by atoms with Crippen molar-refractivity contribution in [2.24, 2.45) is 0 Å². The van der Waals surface area contributed by atoms with E-state index < -0.39 is 0 Å². The molecule has 70 valence electrons. The van der Waals surface area contributed by atoms with Gasteiger partial charge in [0.1, 0.15) is 0 Å². The second-order valence-electron chi connectivity index (χ2n) is 2.94. The molecule has 0 spiro atoms. The molecule has 0 bridgehead atoms. The molecule has 0 atom stereocenters. The number of ketones is 1. The first-order chi connectivity index (χ1) is 6.77. The lowest BCUT2D eigenvalue weighted by Crippen LogP contribution is -2.02. The highest BCUT2D eigenvalue weighted by atomic mass is 16.1. The number of aromatic nitrogens is 4. The topological polar surface area (TPSA) is 71.5 Å². The van der Waals surface area contributed by atoms with Gasteiger partial charge in [-0.1, -0.05) is 0 Å². The normalized spacial score (nSPS) is 10.1. The third kappa shape index (κ3) is 1.52. The summed E-state index contributed by atoms with van der Waals surface area (Å²) >= 11 is 0. The van der Waals surface area contributed by atoms with E-state index in [0.29, 0.717) is 11.3 Å². The number of aromatic amines is 1. The Balaban J connectivity index is 2.37. The Hall–Kier alpha value is -2.04. The summed E-state index contributed by atoms with van der Waals surface area (Å²) in [4.78, 5) is 15.6. The molecule has 0 radical (unpaired) electrons. The second kappa shape index (κ2) is 3.37. The van der Waals surface area contributed by atoms with Gasteiger partial charge in [0.2, 0.25) is 5.78 Å². The number of nitrogens with zero attached hydrogens (tertiary/aromatic N) is 3. The molecule has 0 fully saturated rings. The van der Waals surface area contributed by atoms with Crippen molar-refractivity contribution in [1.82, 2.24) is 20.4 Å². The van der Waals surface area contributed by atoms with Gasteiger partial charge in [0.15, 0.2) is 5.69 Å². The van der Waals surface area contributed by atoms with Crippen LogP contribution in [-0.4, -0.2) is 26.2 Å². The van der Waals surface area contributed by atoms with Gasteiger partial charge in [-0.25, -0.2) is 0 Å². The SMILES string of the molecule is Cc1cncc(C(=O)c2cn[nH]n2)c1. The van der Waals surface area contributed by atoms with E-state index in [9.17, 15) is 4.79 Å². The zero-order valence-electron chi connectivity index (χ0n) is 7.56. The molecule has 0 saturated carbocycles. The van der Waals surface area contributed by atoms with Gasteiger partial charge in [0.05, 0.1) is 6.20 Å². The molecule has 5 heteroatoms. The van der Waals surface area contributed by atoms with Gasteiger partial charge in [0, 0.05) is 18.0 Å². The summed E-state index contributed by atoms with van der Waals surface area (Å²) in [5.74, 6) is -0.171. The van der Waals surface area contributed by atoms with Crippen molar-refractivity contribution >= 4 is 5.78 Å². The molecule has 0 aliphatic carbocycles. The van der Waals surface area contributed by atoms with Crippen molar-refractivity contribution in [3.8, 4) is 0 Å². The van der Waals surface area contributed by atoms with Crippen LogP contribution in [0.3, 0.4) is 0 Å². The summed E-state index contributed by atoms with van der Waals surface area (Å²) in [6.07, 6.45) is 4.61. The zero-order valence-corrected chi connectivity index (χ0v) is 7.56. The van der Waals surface area contributed by atoms with Crippen LogP contribution in [0.25, 0.3) is 0 Å². The van der Waals surface area contributed by atoms with Crippen molar-refractivity contribution < 1.29 is 4.79 Å². The molecule has 0 saturated heterocycles. The van der Waals surface area contributed by atoms with E-state index in [1.54, 1.807) is 12.3 Å². The van der Waals surface area contributed by atoms with Crippen LogP contribution >= 0.6 is 0 Å². The minimum absolute atomic E-state index is 0.171. The van der Waals surface area contributed by atoms with Gasteiger partial charge >= 0.3 is 0 Å². The number of pyridine rings is 1. The Kier molecular flexibility index (Phi) is 2.06. The Morgan fingerprint density at radius 2 is 2.21 bits per heavy atom. The van der Waals surface area contributed by atoms with Crippen LogP contribution in [0.15, 0.2) is 24.7 Å². The van der Waals surface area contributed by atoms with Gasteiger partial charge in [-0.15, -0.1) is 0 Å². The molecule has 0 unspecified atom stereocenters. The van der Waals surface area contributed by atoms with Crippen LogP contribution in [0, 0.1) is 6.92 Å². The maximum atomic E-state index is 11.7. The predicted octanol–water partition coefficient (Wildman–Crippen LogP) is 0.739. The lowest BCUT2D eigenvalue weighted by Gasteiger charge is -1.96. The second-order valence-corrected chi connectivity index (χ2v) is 2.94. The summed E-state index contributed by atoms with van der Waals surface area (Å²) in [6, 6.07) is 1.77. The highest BCUT2D eigenvalue weighted by molar-refractivity contribution is 6.07. The Morgan fingerprint density at radius 1 is 1.36 bits per heavy atom. The minimum Gasteiger partial charge on any atom is -0.287 e. The maximum Gasteiger partial charge on any atom is 0.216 e. The summed E-state index contributed by atoms with van der Waals surface area (Å²) < 4.78 is 0. The van der Waals surface area contributed by atoms with Crippen LogP contribution in [0.2, 0.25) is 0 Å². The largest absolute Gasteiger partial charge is 0.287 e. The smallest absolute Gasteiger partial charge is 0.216 e. The molecule has 2 aromatic rings. The zero-order chi connectivity index (χ0) is 9.97. The van der Waals surface area contributed by atoms with E-state index in [-0.39, 0.29) is 5.78 Å². The van der Waals surface area contributed by atoms with E-state index in [0.717, 1.165) is 5.56 Å². The average molecular weight is 188 g/mol. The van der Waals surface area contributed by atoms with E-state index in [1.807, 2.05) is 6.92 Å². The van der Waals surface area contributed by atoms with Crippen LogP contribution < -0.4 is 0 Å². The molecular weight excluding hydrogens is 180 g/mol. The molecule has 2 aromatic heterocycles. The summed E-state index contributed by atoms with van der Waals surface area (Å²) in [5.41, 5.74) is 1.77. The first-order valence-corrected chi connectivity index (χ1v) is 4.09. The Bertz CT molecular complexity index is 450. The Labute approximate surface area is 80.2 Å². The van der Waals surface area contributed by atoms with Crippen LogP contribution in [-0.2, 0) is 0 Å². The predicted molar refractivity (Wildman–Crippen MR) is 48.8 cm³/mol. The van der Waals surface area contributed by atoms with E-state index in [1.165, 1.54) is 12.4 Å². The summed E-state index contributed by atoms with van der Waals surface area (Å²) in [5, 5.41) is 9.68. The summed E-state index contributed by atoms with van der Waals surface area (Å²) in [7, 11) is 0. The van der Waals surface area contributed by atoms with Crippen molar-refractivity contribution in [3.05, 3.63) is 41.5 Å². The first kappa shape index (κ1) is 8.55. The fraction of sp³-hybridized carbons (Fsp3) is 0.111. The van der Waals surface area contributed by atoms with E-state index >= 15 is 0 Å². The number of carbonyl (C=O) groups excluding carboxylic acids is 1. The van der Waals surface area contributed by atoms with E-state index in [2.05, 4.69) is 20.4 Å². The van der Waals surface area contributed by atoms with Crippen molar-refractivity contribution in [1.29, 1.82) is 0 Å². The minimum atomic E-state index is -0.171. The fourth-order valence-electron chi connectivity index (χ4n) is 1.14. The number of carbonyl (C=O) groups is 1. The number of hydrogen-bond acceptors (Lipinski definition) is 4. The molecular formula is C9H8N4O. The lowest BCUT2D eigenvalue weighted by molar-refractivity contribution is 0.103. The highest BCUT2D eigenvalue weighted by Crippen LogP contribution is 2.06. The molecule has 14 heavy (non-hydrogen) atoms. The standard InChI is InChI=1S/C9H8N4O/c1-6-2-7(4-10-3-6)9(14)8-5-11-13-12-8/h2-5H,1H3,(H,11,12,13). The number of H-pyrrole nitrogens is 1. The van der Waals surface area contributed by atoms with Crippen molar-refractivity contribution in [3.63, 3.8) is 0 Å². The van der Waals surface area contributed by atoms with Gasteiger partial charge in [-0.3, -0.25) is 9.78 Å². The molecule has 0 aliphatic rings. The molecule has 2 heterocycles. The summed E-state index contributed by atoms with van der Waals surface area (Å²) in [6.45, 7) is 1.88. The third-order valence-corrected chi connectivity index (χ3v) is 1.78. The van der Waals surface area contributed by atoms with E-state index in [4.69, 9.17) is 0 Å². The van der Waals surface area contributed by atoms with Crippen LogP contribution in [0.5, 0.6) is 0 Å². The van der Waals surface area contributed by atoms with Crippen LogP contribution in [0.1, 0.15) is 21.6 Å². The first-order valence-electron chi connectivity index (χ1n) is 4.09. The fourth-order valence-corrected chi connectivity index (χ4v) is 1.14. The number of hydrogen-bond donors (Lipinski definition) is 1. The third-order valence-electron chi connectivity index (χ3n) is 1.78. The van der Waals surface area contributed by atoms with Crippen molar-refractivity contribution in [2.75, 3.05) is 0 Å². The molecule has 0 aliphatic heterocycles. The molecule has 1 N–H and O–H groups in total. The highest BCUT2D eigenvalue weighted by Gasteiger charge is 2.11. The van der Waals surface area contributed by atoms with Gasteiger partial charge in [-0.05, 0) is 18.6 Å². The van der Waals surface area contributed by atoms with Crippen LogP contribution in [0.4, 0.5) is 0 Å². The number of nitrogens with one attached hydrogen (secondary N) is 1. The number of aryl methyl sites for hydroxylation is 1. The molecule has 0 amide bonds. The molecule has 0 aromatic carbocycles. The lowest BCUT2D eigenvalue weighted by atomic mass is 10.1. The molecule has 2 rings (SSSR count). The van der Waals surface area contributed by atoms with Gasteiger partial charge in [0.25, 0.3) is 0 Å². The average Bonchev–Trinajstić information content (AvgIpc) is 2.69. The van der Waals surface area contributed by atoms with Crippen molar-refractivity contribution in [2.45, 2.75) is 6.92 Å². The molecule has 5 nitrogen and oxygen atoms in total. The van der Waals surface area contributed by atoms with Gasteiger partial charge < -0.3 is 0 Å². The monoisotopic (exact) mass is 188 g/mol. The number of rotatable bonds is 2. The Morgan fingerprint density at radius 3 is 2.86 bits per heavy atom. The van der Waals surface area contributed by atoms with Gasteiger partial charge in [-0.2, -0.15) is 15.4 Å². The maximum absolute atomic E-state index is 11.7.